The van der Waals surface area contributed by atoms with Gasteiger partial charge in [-0.15, -0.1) is 0 Å². The first-order valence-corrected chi connectivity index (χ1v) is 7.77. The number of amides is 1. The summed E-state index contributed by atoms with van der Waals surface area (Å²) in [5, 5.41) is 0. The Balaban J connectivity index is 1.83. The van der Waals surface area contributed by atoms with Gasteiger partial charge < -0.3 is 4.90 Å². The molecule has 1 saturated carbocycles. The van der Waals surface area contributed by atoms with Gasteiger partial charge in [-0.25, -0.2) is 9.97 Å². The lowest BCUT2D eigenvalue weighted by atomic mass is 9.72. The van der Waals surface area contributed by atoms with Crippen molar-refractivity contribution in [3.63, 3.8) is 0 Å². The summed E-state index contributed by atoms with van der Waals surface area (Å²) in [6, 6.07) is 2.17. The summed E-state index contributed by atoms with van der Waals surface area (Å²) in [6.07, 6.45) is 7.81. The van der Waals surface area contributed by atoms with E-state index in [1.165, 1.54) is 19.3 Å². The van der Waals surface area contributed by atoms with E-state index in [0.29, 0.717) is 23.5 Å². The zero-order valence-electron chi connectivity index (χ0n) is 12.4. The standard InChI is InChI=1S/C16H23N3O/c1-11-8-10-19(15-6-4-3-5-13(11)15)16(20)14-7-9-17-12(2)18-14/h7,9,11,13,15H,3-6,8,10H2,1-2H3/t11-,13-,15-/m0/s1. The molecule has 1 amide bonds. The first-order chi connectivity index (χ1) is 9.66. The summed E-state index contributed by atoms with van der Waals surface area (Å²) in [7, 11) is 0. The third-order valence-electron chi connectivity index (χ3n) is 4.99. The molecule has 20 heavy (non-hydrogen) atoms. The Labute approximate surface area is 120 Å². The Morgan fingerprint density at radius 3 is 2.90 bits per heavy atom. The number of carbonyl (C=O) groups excluding carboxylic acids is 1. The number of hydrogen-bond acceptors (Lipinski definition) is 3. The second kappa shape index (κ2) is 5.51. The lowest BCUT2D eigenvalue weighted by Crippen LogP contribution is -2.52. The number of piperidine rings is 1. The van der Waals surface area contributed by atoms with E-state index in [1.54, 1.807) is 12.3 Å². The molecular weight excluding hydrogens is 250 g/mol. The monoisotopic (exact) mass is 273 g/mol. The number of fused-ring (bicyclic) bond motifs is 1. The number of likely N-dealkylation sites (tertiary alicyclic amines) is 1. The van der Waals surface area contributed by atoms with Gasteiger partial charge in [0.25, 0.3) is 5.91 Å². The average Bonchev–Trinajstić information content (AvgIpc) is 2.47. The minimum Gasteiger partial charge on any atom is -0.334 e. The molecule has 0 N–H and O–H groups in total. The van der Waals surface area contributed by atoms with Crippen molar-refractivity contribution in [3.8, 4) is 0 Å². The van der Waals surface area contributed by atoms with Crippen LogP contribution in [0.1, 0.15) is 55.3 Å². The van der Waals surface area contributed by atoms with Crippen LogP contribution in [0.3, 0.4) is 0 Å². The number of nitrogens with zero attached hydrogens (tertiary/aromatic N) is 3. The summed E-state index contributed by atoms with van der Waals surface area (Å²) in [6.45, 7) is 5.06. The normalized spacial score (nSPS) is 29.9. The predicted octanol–water partition coefficient (Wildman–Crippen LogP) is 2.83. The van der Waals surface area contributed by atoms with E-state index in [0.717, 1.165) is 25.3 Å². The first-order valence-electron chi connectivity index (χ1n) is 7.77. The van der Waals surface area contributed by atoms with Crippen molar-refractivity contribution in [3.05, 3.63) is 23.8 Å². The van der Waals surface area contributed by atoms with Gasteiger partial charge >= 0.3 is 0 Å². The van der Waals surface area contributed by atoms with Crippen LogP contribution < -0.4 is 0 Å². The van der Waals surface area contributed by atoms with Crippen molar-refractivity contribution in [1.82, 2.24) is 14.9 Å². The van der Waals surface area contributed by atoms with Gasteiger partial charge in [-0.3, -0.25) is 4.79 Å². The zero-order valence-corrected chi connectivity index (χ0v) is 12.4. The number of aromatic nitrogens is 2. The van der Waals surface area contributed by atoms with Gasteiger partial charge in [-0.2, -0.15) is 0 Å². The van der Waals surface area contributed by atoms with Gasteiger partial charge in [0.15, 0.2) is 0 Å². The average molecular weight is 273 g/mol. The first kappa shape index (κ1) is 13.5. The molecule has 0 unspecified atom stereocenters. The second-order valence-electron chi connectivity index (χ2n) is 6.27. The molecule has 1 saturated heterocycles. The number of aryl methyl sites for hydroxylation is 1. The van der Waals surface area contributed by atoms with Crippen LogP contribution in [-0.2, 0) is 0 Å². The Hall–Kier alpha value is -1.45. The summed E-state index contributed by atoms with van der Waals surface area (Å²) >= 11 is 0. The Morgan fingerprint density at radius 1 is 1.30 bits per heavy atom. The van der Waals surface area contributed by atoms with Crippen molar-refractivity contribution < 1.29 is 4.79 Å². The van der Waals surface area contributed by atoms with E-state index in [-0.39, 0.29) is 5.91 Å². The Kier molecular flexibility index (Phi) is 3.72. The van der Waals surface area contributed by atoms with E-state index in [9.17, 15) is 4.79 Å². The van der Waals surface area contributed by atoms with Crippen molar-refractivity contribution in [1.29, 1.82) is 0 Å². The van der Waals surface area contributed by atoms with Crippen LogP contribution in [-0.4, -0.2) is 33.4 Å². The molecule has 1 aliphatic heterocycles. The van der Waals surface area contributed by atoms with Crippen LogP contribution in [0.2, 0.25) is 0 Å². The van der Waals surface area contributed by atoms with Gasteiger partial charge in [0, 0.05) is 18.8 Å². The quantitative estimate of drug-likeness (QED) is 0.790. The second-order valence-corrected chi connectivity index (χ2v) is 6.27. The van der Waals surface area contributed by atoms with Crippen LogP contribution in [0, 0.1) is 18.8 Å². The Morgan fingerprint density at radius 2 is 2.10 bits per heavy atom. The molecule has 0 radical (unpaired) electrons. The van der Waals surface area contributed by atoms with Crippen molar-refractivity contribution in [2.24, 2.45) is 11.8 Å². The van der Waals surface area contributed by atoms with Crippen LogP contribution in [0.4, 0.5) is 0 Å². The van der Waals surface area contributed by atoms with Crippen LogP contribution in [0.15, 0.2) is 12.3 Å². The third kappa shape index (κ3) is 2.43. The molecule has 2 fully saturated rings. The maximum atomic E-state index is 12.7. The molecule has 4 heteroatoms. The van der Waals surface area contributed by atoms with Crippen LogP contribution in [0.25, 0.3) is 0 Å². The molecule has 0 bridgehead atoms. The minimum atomic E-state index is 0.0966. The van der Waals surface area contributed by atoms with Gasteiger partial charge in [0.1, 0.15) is 11.5 Å². The summed E-state index contributed by atoms with van der Waals surface area (Å²) in [5.41, 5.74) is 0.552. The Bertz CT molecular complexity index is 502. The minimum absolute atomic E-state index is 0.0966. The van der Waals surface area contributed by atoms with Crippen molar-refractivity contribution >= 4 is 5.91 Å². The van der Waals surface area contributed by atoms with E-state index in [1.807, 2.05) is 6.92 Å². The fraction of sp³-hybridized carbons (Fsp3) is 0.688. The molecule has 2 aliphatic rings. The zero-order chi connectivity index (χ0) is 14.1. The van der Waals surface area contributed by atoms with Crippen LogP contribution in [0.5, 0.6) is 0 Å². The maximum Gasteiger partial charge on any atom is 0.272 e. The lowest BCUT2D eigenvalue weighted by Gasteiger charge is -2.47. The van der Waals surface area contributed by atoms with Gasteiger partial charge in [-0.1, -0.05) is 19.8 Å². The number of rotatable bonds is 1. The molecule has 1 aromatic rings. The third-order valence-corrected chi connectivity index (χ3v) is 4.99. The maximum absolute atomic E-state index is 12.7. The van der Waals surface area contributed by atoms with Crippen LogP contribution >= 0.6 is 0 Å². The van der Waals surface area contributed by atoms with E-state index >= 15 is 0 Å². The predicted molar refractivity (Wildman–Crippen MR) is 77.3 cm³/mol. The van der Waals surface area contributed by atoms with Crippen molar-refractivity contribution in [2.45, 2.75) is 52.0 Å². The molecular formula is C16H23N3O. The molecule has 1 aliphatic carbocycles. The van der Waals surface area contributed by atoms with E-state index in [4.69, 9.17) is 0 Å². The SMILES string of the molecule is Cc1nccc(C(=O)N2CC[C@H](C)[C@@H]3CCCC[C@@H]32)n1. The fourth-order valence-corrected chi connectivity index (χ4v) is 3.89. The molecule has 0 spiro atoms. The molecule has 1 aromatic heterocycles. The summed E-state index contributed by atoms with van der Waals surface area (Å²) in [4.78, 5) is 23.2. The molecule has 0 aromatic carbocycles. The largest absolute Gasteiger partial charge is 0.334 e. The molecule has 4 nitrogen and oxygen atoms in total. The van der Waals surface area contributed by atoms with Gasteiger partial charge in [-0.05, 0) is 44.1 Å². The summed E-state index contributed by atoms with van der Waals surface area (Å²) in [5.74, 6) is 2.20. The topological polar surface area (TPSA) is 46.1 Å². The molecule has 3 rings (SSSR count). The van der Waals surface area contributed by atoms with Gasteiger partial charge in [0.05, 0.1) is 0 Å². The summed E-state index contributed by atoms with van der Waals surface area (Å²) < 4.78 is 0. The smallest absolute Gasteiger partial charge is 0.272 e. The number of carbonyl (C=O) groups is 1. The lowest BCUT2D eigenvalue weighted by molar-refractivity contribution is 0.0213. The van der Waals surface area contributed by atoms with Crippen molar-refractivity contribution in [2.75, 3.05) is 6.54 Å². The molecule has 3 atom stereocenters. The highest BCUT2D eigenvalue weighted by Gasteiger charge is 2.39. The molecule has 108 valence electrons. The van der Waals surface area contributed by atoms with E-state index in [2.05, 4.69) is 21.8 Å². The highest BCUT2D eigenvalue weighted by Crippen LogP contribution is 2.39. The van der Waals surface area contributed by atoms with Gasteiger partial charge in [0.2, 0.25) is 0 Å². The molecule has 2 heterocycles. The number of hydrogen-bond donors (Lipinski definition) is 0. The van der Waals surface area contributed by atoms with E-state index < -0.39 is 0 Å². The fourth-order valence-electron chi connectivity index (χ4n) is 3.89. The highest BCUT2D eigenvalue weighted by molar-refractivity contribution is 5.92. The highest BCUT2D eigenvalue weighted by atomic mass is 16.2.